The molecule has 2 rings (SSSR count). The van der Waals surface area contributed by atoms with E-state index in [-0.39, 0.29) is 0 Å². The van der Waals surface area contributed by atoms with Crippen molar-refractivity contribution in [3.05, 3.63) is 23.4 Å². The van der Waals surface area contributed by atoms with Gasteiger partial charge in [-0.15, -0.1) is 0 Å². The molecule has 0 saturated carbocycles. The summed E-state index contributed by atoms with van der Waals surface area (Å²) >= 11 is 0. The fraction of sp³-hybridized carbons (Fsp3) is 0.500. The van der Waals surface area contributed by atoms with Crippen molar-refractivity contribution in [1.29, 1.82) is 0 Å². The zero-order chi connectivity index (χ0) is 9.42. The molecule has 1 aliphatic heterocycles. The van der Waals surface area contributed by atoms with E-state index in [2.05, 4.69) is 23.7 Å². The predicted octanol–water partition coefficient (Wildman–Crippen LogP) is 1.39. The lowest BCUT2D eigenvalue weighted by Crippen LogP contribution is -2.24. The largest absolute Gasteiger partial charge is 0.384 e. The van der Waals surface area contributed by atoms with Crippen molar-refractivity contribution >= 4 is 5.82 Å². The minimum absolute atomic E-state index is 0.591. The lowest BCUT2D eigenvalue weighted by atomic mass is 10.2. The van der Waals surface area contributed by atoms with E-state index < -0.39 is 0 Å². The predicted molar refractivity (Wildman–Crippen MR) is 53.0 cm³/mol. The summed E-state index contributed by atoms with van der Waals surface area (Å²) in [6.45, 7) is 6.45. The average Bonchev–Trinajstić information content (AvgIpc) is 2.46. The molecule has 70 valence electrons. The lowest BCUT2D eigenvalue weighted by molar-refractivity contribution is 0.227. The molecular weight excluding hydrogens is 162 g/mol. The van der Waals surface area contributed by atoms with Gasteiger partial charge in [0, 0.05) is 25.3 Å². The molecule has 0 aliphatic carbocycles. The highest BCUT2D eigenvalue weighted by Crippen LogP contribution is 2.24. The van der Waals surface area contributed by atoms with Crippen molar-refractivity contribution in [3.63, 3.8) is 0 Å². The van der Waals surface area contributed by atoms with Gasteiger partial charge in [0.2, 0.25) is 0 Å². The highest BCUT2D eigenvalue weighted by Gasteiger charge is 2.20. The number of nitrogen functional groups attached to an aromatic ring is 1. The summed E-state index contributed by atoms with van der Waals surface area (Å²) in [6.07, 6.45) is 1.90. The van der Waals surface area contributed by atoms with Crippen LogP contribution >= 0.6 is 0 Å². The highest BCUT2D eigenvalue weighted by atomic mass is 15.2. The first-order valence-electron chi connectivity index (χ1n) is 4.64. The summed E-state index contributed by atoms with van der Waals surface area (Å²) in [6, 6.07) is 2.58. The van der Waals surface area contributed by atoms with Gasteiger partial charge in [-0.3, -0.25) is 4.90 Å². The third kappa shape index (κ3) is 1.52. The van der Waals surface area contributed by atoms with Crippen LogP contribution in [0.15, 0.2) is 12.3 Å². The highest BCUT2D eigenvalue weighted by molar-refractivity contribution is 5.38. The second kappa shape index (κ2) is 3.00. The van der Waals surface area contributed by atoms with Gasteiger partial charge in [-0.2, -0.15) is 0 Å². The number of hydrogen-bond acceptors (Lipinski definition) is 3. The van der Waals surface area contributed by atoms with Crippen LogP contribution in [0.4, 0.5) is 5.82 Å². The molecule has 0 spiro atoms. The van der Waals surface area contributed by atoms with Crippen molar-refractivity contribution in [2.75, 3.05) is 5.73 Å². The van der Waals surface area contributed by atoms with Gasteiger partial charge in [0.15, 0.2) is 0 Å². The van der Waals surface area contributed by atoms with Crippen molar-refractivity contribution in [2.45, 2.75) is 33.0 Å². The Bertz CT molecular complexity index is 320. The van der Waals surface area contributed by atoms with E-state index in [0.29, 0.717) is 11.9 Å². The Kier molecular flexibility index (Phi) is 1.96. The fourth-order valence-electron chi connectivity index (χ4n) is 1.69. The SMILES string of the molecule is CC(C)N1Cc2cnc(N)cc2C1. The minimum atomic E-state index is 0.591. The van der Waals surface area contributed by atoms with Crippen LogP contribution in [0, 0.1) is 0 Å². The Labute approximate surface area is 78.6 Å². The van der Waals surface area contributed by atoms with Gasteiger partial charge in [0.05, 0.1) is 0 Å². The summed E-state index contributed by atoms with van der Waals surface area (Å²) in [5.74, 6) is 0.629. The van der Waals surface area contributed by atoms with Crippen molar-refractivity contribution < 1.29 is 0 Å². The summed E-state index contributed by atoms with van der Waals surface area (Å²) in [7, 11) is 0. The number of pyridine rings is 1. The Morgan fingerprint density at radius 1 is 1.38 bits per heavy atom. The van der Waals surface area contributed by atoms with Crippen LogP contribution in [0.2, 0.25) is 0 Å². The number of rotatable bonds is 1. The topological polar surface area (TPSA) is 42.2 Å². The van der Waals surface area contributed by atoms with Crippen LogP contribution in [-0.2, 0) is 13.1 Å². The van der Waals surface area contributed by atoms with E-state index >= 15 is 0 Å². The number of nitrogens with two attached hydrogens (primary N) is 1. The molecule has 0 saturated heterocycles. The molecule has 0 unspecified atom stereocenters. The summed E-state index contributed by atoms with van der Waals surface area (Å²) < 4.78 is 0. The molecule has 3 heteroatoms. The van der Waals surface area contributed by atoms with Gasteiger partial charge >= 0.3 is 0 Å². The molecule has 0 amide bonds. The van der Waals surface area contributed by atoms with E-state index in [4.69, 9.17) is 5.73 Å². The molecular formula is C10H15N3. The van der Waals surface area contributed by atoms with E-state index in [0.717, 1.165) is 13.1 Å². The Hall–Kier alpha value is -1.09. The lowest BCUT2D eigenvalue weighted by Gasteiger charge is -2.18. The molecule has 0 aromatic carbocycles. The summed E-state index contributed by atoms with van der Waals surface area (Å²) in [4.78, 5) is 6.50. The normalized spacial score (nSPS) is 16.5. The van der Waals surface area contributed by atoms with Crippen LogP contribution in [0.25, 0.3) is 0 Å². The molecule has 2 N–H and O–H groups in total. The van der Waals surface area contributed by atoms with Crippen LogP contribution in [-0.4, -0.2) is 15.9 Å². The zero-order valence-corrected chi connectivity index (χ0v) is 8.12. The van der Waals surface area contributed by atoms with Gasteiger partial charge in [-0.25, -0.2) is 4.98 Å². The van der Waals surface area contributed by atoms with Crippen molar-refractivity contribution in [1.82, 2.24) is 9.88 Å². The summed E-state index contributed by atoms with van der Waals surface area (Å²) in [5.41, 5.74) is 8.28. The van der Waals surface area contributed by atoms with E-state index in [9.17, 15) is 0 Å². The molecule has 0 fully saturated rings. The van der Waals surface area contributed by atoms with Crippen LogP contribution < -0.4 is 5.73 Å². The minimum Gasteiger partial charge on any atom is -0.384 e. The molecule has 13 heavy (non-hydrogen) atoms. The monoisotopic (exact) mass is 177 g/mol. The third-order valence-electron chi connectivity index (χ3n) is 2.58. The number of anilines is 1. The molecule has 1 aliphatic rings. The quantitative estimate of drug-likeness (QED) is 0.704. The first-order chi connectivity index (χ1) is 6.16. The summed E-state index contributed by atoms with van der Waals surface area (Å²) in [5, 5.41) is 0. The number of fused-ring (bicyclic) bond motifs is 1. The van der Waals surface area contributed by atoms with Crippen LogP contribution in [0.1, 0.15) is 25.0 Å². The van der Waals surface area contributed by atoms with Crippen molar-refractivity contribution in [3.8, 4) is 0 Å². The maximum Gasteiger partial charge on any atom is 0.123 e. The second-order valence-electron chi connectivity index (χ2n) is 3.88. The van der Waals surface area contributed by atoms with E-state index in [1.807, 2.05) is 12.3 Å². The maximum atomic E-state index is 5.62. The number of aromatic nitrogens is 1. The van der Waals surface area contributed by atoms with Crippen LogP contribution in [0.5, 0.6) is 0 Å². The molecule has 1 aromatic heterocycles. The zero-order valence-electron chi connectivity index (χ0n) is 8.12. The first-order valence-corrected chi connectivity index (χ1v) is 4.64. The van der Waals surface area contributed by atoms with E-state index in [1.165, 1.54) is 11.1 Å². The smallest absolute Gasteiger partial charge is 0.123 e. The van der Waals surface area contributed by atoms with Gasteiger partial charge < -0.3 is 5.73 Å². The molecule has 0 radical (unpaired) electrons. The number of nitrogens with zero attached hydrogens (tertiary/aromatic N) is 2. The fourth-order valence-corrected chi connectivity index (χ4v) is 1.69. The molecule has 2 heterocycles. The molecule has 0 atom stereocenters. The average molecular weight is 177 g/mol. The van der Waals surface area contributed by atoms with Gasteiger partial charge in [0.25, 0.3) is 0 Å². The van der Waals surface area contributed by atoms with E-state index in [1.54, 1.807) is 0 Å². The van der Waals surface area contributed by atoms with Gasteiger partial charge in [-0.1, -0.05) is 0 Å². The standard InChI is InChI=1S/C10H15N3/c1-7(2)13-5-8-3-10(11)12-4-9(8)6-13/h3-4,7H,5-6H2,1-2H3,(H2,11,12). The van der Waals surface area contributed by atoms with Crippen LogP contribution in [0.3, 0.4) is 0 Å². The van der Waals surface area contributed by atoms with Gasteiger partial charge in [-0.05, 0) is 31.0 Å². The second-order valence-corrected chi connectivity index (χ2v) is 3.88. The Balaban J connectivity index is 2.25. The Morgan fingerprint density at radius 2 is 2.08 bits per heavy atom. The van der Waals surface area contributed by atoms with Gasteiger partial charge in [0.1, 0.15) is 5.82 Å². The molecule has 3 nitrogen and oxygen atoms in total. The number of hydrogen-bond donors (Lipinski definition) is 1. The maximum absolute atomic E-state index is 5.62. The Morgan fingerprint density at radius 3 is 2.77 bits per heavy atom. The molecule has 0 bridgehead atoms. The molecule has 1 aromatic rings. The first kappa shape index (κ1) is 8.51. The van der Waals surface area contributed by atoms with Crippen molar-refractivity contribution in [2.24, 2.45) is 0 Å². The third-order valence-corrected chi connectivity index (χ3v) is 2.58.